The van der Waals surface area contributed by atoms with Crippen molar-refractivity contribution in [1.29, 1.82) is 0 Å². The molecule has 0 saturated heterocycles. The van der Waals surface area contributed by atoms with Crippen LogP contribution in [0.25, 0.3) is 0 Å². The Labute approximate surface area is 151 Å². The van der Waals surface area contributed by atoms with Crippen molar-refractivity contribution in [3.8, 4) is 0 Å². The van der Waals surface area contributed by atoms with Crippen LogP contribution in [0.2, 0.25) is 0 Å². The van der Waals surface area contributed by atoms with Gasteiger partial charge in [-0.3, -0.25) is 0 Å². The number of carbonyl (C=O) groups excluding carboxylic acids is 1. The fraction of sp³-hybridized carbons (Fsp3) is 0.714. The molecule has 0 aliphatic heterocycles. The van der Waals surface area contributed by atoms with Crippen molar-refractivity contribution in [2.45, 2.75) is 64.8 Å². The molecule has 0 unspecified atom stereocenters. The van der Waals surface area contributed by atoms with E-state index < -0.39 is 5.97 Å². The molecule has 0 spiro atoms. The number of aromatic nitrogens is 1. The molecule has 138 valence electrons. The normalized spacial score (nSPS) is 32.0. The number of hydrogen-bond acceptors (Lipinski definition) is 3. The van der Waals surface area contributed by atoms with E-state index in [-0.39, 0.29) is 0 Å². The number of carbonyl (C=O) groups is 1. The molecule has 4 aliphatic carbocycles. The van der Waals surface area contributed by atoms with Crippen molar-refractivity contribution < 1.29 is 14.5 Å². The molecule has 4 fully saturated rings. The highest BCUT2D eigenvalue weighted by Crippen LogP contribution is 2.56. The lowest BCUT2D eigenvalue weighted by atomic mass is 9.53. The van der Waals surface area contributed by atoms with E-state index in [1.54, 1.807) is 0 Å². The fourth-order valence-corrected chi connectivity index (χ4v) is 5.92. The minimum atomic E-state index is -1.08. The van der Waals surface area contributed by atoms with Gasteiger partial charge in [0, 0.05) is 56.1 Å². The molecular weight excluding hydrogens is 312 g/mol. The summed E-state index contributed by atoms with van der Waals surface area (Å²) in [5, 5.41) is 8.89. The van der Waals surface area contributed by atoms with Gasteiger partial charge in [-0.15, -0.1) is 0 Å². The maximum atomic E-state index is 8.89. The number of aliphatic carboxylic acids is 1. The van der Waals surface area contributed by atoms with Crippen LogP contribution in [-0.2, 0) is 10.3 Å². The van der Waals surface area contributed by atoms with E-state index in [2.05, 4.69) is 47.8 Å². The Morgan fingerprint density at radius 3 is 1.84 bits per heavy atom. The predicted molar refractivity (Wildman–Crippen MR) is 97.0 cm³/mol. The summed E-state index contributed by atoms with van der Waals surface area (Å²) >= 11 is 0. The monoisotopic (exact) mass is 344 g/mol. The molecule has 4 aliphatic rings. The first kappa shape index (κ1) is 18.2. The molecule has 1 aromatic rings. The standard InChI is InChI=1S/C19H29N2.C2H4O2/c1-3-20(4-2)18-5-7-21(8-6-18)19-12-15-9-16(13-19)11-17(10-15)14-19;1-2(3)4/h5-8,15-17H,3-4,9-14H2,1-2H3;1H3,(H,3,4)/q+1;/p-1. The Morgan fingerprint density at radius 2 is 1.48 bits per heavy atom. The summed E-state index contributed by atoms with van der Waals surface area (Å²) in [4.78, 5) is 11.3. The molecule has 1 aromatic heterocycles. The van der Waals surface area contributed by atoms with Crippen molar-refractivity contribution >= 4 is 11.7 Å². The lowest BCUT2D eigenvalue weighted by Gasteiger charge is -2.53. The van der Waals surface area contributed by atoms with Crippen LogP contribution < -0.4 is 14.6 Å². The average molecular weight is 344 g/mol. The topological polar surface area (TPSA) is 47.2 Å². The Kier molecular flexibility index (Phi) is 5.35. The first-order chi connectivity index (χ1) is 12.0. The van der Waals surface area contributed by atoms with Gasteiger partial charge in [0.25, 0.3) is 0 Å². The van der Waals surface area contributed by atoms with Gasteiger partial charge in [-0.2, -0.15) is 4.57 Å². The lowest BCUT2D eigenvalue weighted by Crippen LogP contribution is -2.64. The Balaban J connectivity index is 0.000000415. The second-order valence-corrected chi connectivity index (χ2v) is 8.27. The van der Waals surface area contributed by atoms with Crippen LogP contribution in [0, 0.1) is 17.8 Å². The van der Waals surface area contributed by atoms with Crippen LogP contribution in [0.1, 0.15) is 59.3 Å². The smallest absolute Gasteiger partial charge is 0.171 e. The van der Waals surface area contributed by atoms with Crippen LogP contribution in [0.4, 0.5) is 5.69 Å². The maximum absolute atomic E-state index is 8.89. The minimum absolute atomic E-state index is 0.469. The van der Waals surface area contributed by atoms with Gasteiger partial charge in [0.2, 0.25) is 0 Å². The van der Waals surface area contributed by atoms with Gasteiger partial charge in [0.05, 0.1) is 0 Å². The average Bonchev–Trinajstić information content (AvgIpc) is 2.55. The number of carboxylic acid groups (broad SMARTS) is 1. The summed E-state index contributed by atoms with van der Waals surface area (Å²) in [6.07, 6.45) is 13.6. The van der Waals surface area contributed by atoms with E-state index in [4.69, 9.17) is 9.90 Å². The number of rotatable bonds is 4. The van der Waals surface area contributed by atoms with E-state index in [1.807, 2.05) is 0 Å². The number of pyridine rings is 1. The number of carboxylic acids is 1. The van der Waals surface area contributed by atoms with Crippen molar-refractivity contribution in [1.82, 2.24) is 0 Å². The van der Waals surface area contributed by atoms with Crippen LogP contribution in [0.15, 0.2) is 24.5 Å². The largest absolute Gasteiger partial charge is 0.550 e. The van der Waals surface area contributed by atoms with E-state index in [9.17, 15) is 0 Å². The van der Waals surface area contributed by atoms with Crippen LogP contribution in [-0.4, -0.2) is 19.1 Å². The van der Waals surface area contributed by atoms with E-state index >= 15 is 0 Å². The first-order valence-electron chi connectivity index (χ1n) is 9.90. The van der Waals surface area contributed by atoms with Crippen LogP contribution >= 0.6 is 0 Å². The Hall–Kier alpha value is -1.58. The highest BCUT2D eigenvalue weighted by Gasteiger charge is 2.56. The van der Waals surface area contributed by atoms with E-state index in [1.165, 1.54) is 44.2 Å². The van der Waals surface area contributed by atoms with Gasteiger partial charge < -0.3 is 14.8 Å². The quantitative estimate of drug-likeness (QED) is 0.789. The zero-order chi connectivity index (χ0) is 18.0. The highest BCUT2D eigenvalue weighted by atomic mass is 16.4. The highest BCUT2D eigenvalue weighted by molar-refractivity contribution is 5.60. The molecule has 0 amide bonds. The Bertz CT molecular complexity index is 553. The molecule has 5 rings (SSSR count). The summed E-state index contributed by atoms with van der Waals surface area (Å²) in [5.74, 6) is 1.98. The van der Waals surface area contributed by atoms with Gasteiger partial charge in [0.15, 0.2) is 17.9 Å². The van der Waals surface area contributed by atoms with Crippen molar-refractivity contribution in [3.63, 3.8) is 0 Å². The summed E-state index contributed by atoms with van der Waals surface area (Å²) in [6.45, 7) is 7.64. The second-order valence-electron chi connectivity index (χ2n) is 8.27. The third kappa shape index (κ3) is 3.83. The van der Waals surface area contributed by atoms with E-state index in [0.717, 1.165) is 37.8 Å². The number of nitrogens with zero attached hydrogens (tertiary/aromatic N) is 2. The summed E-state index contributed by atoms with van der Waals surface area (Å²) in [6, 6.07) is 4.68. The summed E-state index contributed by atoms with van der Waals surface area (Å²) in [7, 11) is 0. The van der Waals surface area contributed by atoms with Crippen molar-refractivity contribution in [2.24, 2.45) is 17.8 Å². The molecular formula is C21H32N2O2. The summed E-state index contributed by atoms with van der Waals surface area (Å²) < 4.78 is 2.59. The molecule has 0 atom stereocenters. The molecule has 4 bridgehead atoms. The Morgan fingerprint density at radius 1 is 1.08 bits per heavy atom. The molecule has 25 heavy (non-hydrogen) atoms. The molecule has 0 N–H and O–H groups in total. The van der Waals surface area contributed by atoms with Gasteiger partial charge in [-0.05, 0) is 57.8 Å². The molecule has 4 nitrogen and oxygen atoms in total. The van der Waals surface area contributed by atoms with Crippen molar-refractivity contribution in [2.75, 3.05) is 18.0 Å². The molecule has 4 heteroatoms. The zero-order valence-electron chi connectivity index (χ0n) is 15.9. The van der Waals surface area contributed by atoms with Gasteiger partial charge in [-0.1, -0.05) is 0 Å². The maximum Gasteiger partial charge on any atom is 0.171 e. The third-order valence-corrected chi connectivity index (χ3v) is 6.49. The molecule has 4 saturated carbocycles. The first-order valence-corrected chi connectivity index (χ1v) is 9.90. The predicted octanol–water partition coefficient (Wildman–Crippen LogP) is 2.50. The van der Waals surface area contributed by atoms with Crippen molar-refractivity contribution in [3.05, 3.63) is 24.5 Å². The van der Waals surface area contributed by atoms with E-state index in [0.29, 0.717) is 5.54 Å². The molecule has 0 radical (unpaired) electrons. The summed E-state index contributed by atoms with van der Waals surface area (Å²) in [5.41, 5.74) is 1.84. The minimum Gasteiger partial charge on any atom is -0.550 e. The molecule has 1 heterocycles. The third-order valence-electron chi connectivity index (χ3n) is 6.49. The lowest BCUT2D eigenvalue weighted by molar-refractivity contribution is -0.776. The van der Waals surface area contributed by atoms with Crippen LogP contribution in [0.5, 0.6) is 0 Å². The zero-order valence-corrected chi connectivity index (χ0v) is 15.9. The fourth-order valence-electron chi connectivity index (χ4n) is 5.92. The van der Waals surface area contributed by atoms with Crippen LogP contribution in [0.3, 0.4) is 0 Å². The molecule has 0 aromatic carbocycles. The van der Waals surface area contributed by atoms with Gasteiger partial charge in [0.1, 0.15) is 0 Å². The second kappa shape index (κ2) is 7.35. The SMILES string of the molecule is CC(=O)[O-].CCN(CC)c1cc[n+](C23CC4CC(CC(C4)C2)C3)cc1. The van der Waals surface area contributed by atoms with Gasteiger partial charge in [-0.25, -0.2) is 0 Å². The van der Waals surface area contributed by atoms with Gasteiger partial charge >= 0.3 is 0 Å². The number of hydrogen-bond donors (Lipinski definition) is 0. The number of anilines is 1.